The number of hydrogen-bond donors (Lipinski definition) is 1. The molecular weight excluding hydrogens is 112 g/mol. The molecule has 0 aromatic carbocycles. The number of aliphatic imine (C=N–C) groups is 1. The Bertz CT molecular complexity index is 157. The molecule has 0 radical (unpaired) electrons. The molecule has 0 aromatic rings. The maximum Gasteiger partial charge on any atom is 0.0444 e. The second-order valence-corrected chi connectivity index (χ2v) is 1.30. The molecule has 0 aliphatic carbocycles. The number of rotatable bonds is 2. The average molecular weight is 122 g/mol. The quantitative estimate of drug-likeness (QED) is 0.429. The van der Waals surface area contributed by atoms with E-state index in [1.54, 1.807) is 13.1 Å². The van der Waals surface area contributed by atoms with Crippen LogP contribution in [0.4, 0.5) is 0 Å². The van der Waals surface area contributed by atoms with Crippen LogP contribution < -0.4 is 5.73 Å². The van der Waals surface area contributed by atoms with Crippen LogP contribution in [0.3, 0.4) is 0 Å². The van der Waals surface area contributed by atoms with Gasteiger partial charge in [-0.2, -0.15) is 0 Å². The topological polar surface area (TPSA) is 38.4 Å². The molecule has 0 fully saturated rings. The number of nitrogens with zero attached hydrogens (tertiary/aromatic N) is 1. The van der Waals surface area contributed by atoms with Gasteiger partial charge in [0.15, 0.2) is 0 Å². The summed E-state index contributed by atoms with van der Waals surface area (Å²) < 4.78 is 0. The molecule has 0 rings (SSSR count). The van der Waals surface area contributed by atoms with E-state index in [1.165, 1.54) is 12.4 Å². The van der Waals surface area contributed by atoms with Crippen LogP contribution in [0.2, 0.25) is 0 Å². The normalized spacial score (nSPS) is 9.89. The van der Waals surface area contributed by atoms with Crippen LogP contribution in [0, 0.1) is 11.8 Å². The molecule has 0 bridgehead atoms. The fraction of sp³-hybridized carbons (Fsp3) is 0.286. The molecule has 0 spiro atoms. The van der Waals surface area contributed by atoms with Crippen molar-refractivity contribution in [2.24, 2.45) is 10.7 Å². The van der Waals surface area contributed by atoms with Crippen molar-refractivity contribution in [3.8, 4) is 11.8 Å². The zero-order valence-corrected chi connectivity index (χ0v) is 5.46. The van der Waals surface area contributed by atoms with Crippen LogP contribution in [-0.4, -0.2) is 6.21 Å². The molecule has 9 heavy (non-hydrogen) atoms. The predicted molar refractivity (Wildman–Crippen MR) is 39.9 cm³/mol. The second kappa shape index (κ2) is 6.77. The highest BCUT2D eigenvalue weighted by molar-refractivity contribution is 5.61. The molecule has 0 saturated carbocycles. The standard InChI is InChI=1S/C7H10N2/c1-2-3-4-6-9-7-5-8/h5-7H,4,8H2,1H3/b7-5-,9-6?. The Kier molecular flexibility index (Phi) is 5.84. The molecule has 0 aliphatic heterocycles. The summed E-state index contributed by atoms with van der Waals surface area (Å²) in [5.74, 6) is 5.58. The Morgan fingerprint density at radius 3 is 3.00 bits per heavy atom. The summed E-state index contributed by atoms with van der Waals surface area (Å²) >= 11 is 0. The van der Waals surface area contributed by atoms with Gasteiger partial charge < -0.3 is 5.73 Å². The van der Waals surface area contributed by atoms with Crippen LogP contribution in [0.15, 0.2) is 17.4 Å². The van der Waals surface area contributed by atoms with Crippen LogP contribution in [-0.2, 0) is 0 Å². The Hall–Kier alpha value is -1.23. The van der Waals surface area contributed by atoms with Crippen LogP contribution in [0.1, 0.15) is 13.3 Å². The average Bonchev–Trinajstić information content (AvgIpc) is 1.89. The van der Waals surface area contributed by atoms with Crippen molar-refractivity contribution in [3.05, 3.63) is 12.4 Å². The van der Waals surface area contributed by atoms with E-state index in [1.807, 2.05) is 0 Å². The van der Waals surface area contributed by atoms with Crippen LogP contribution in [0.25, 0.3) is 0 Å². The fourth-order valence-electron chi connectivity index (χ4n) is 0.311. The Morgan fingerprint density at radius 2 is 2.44 bits per heavy atom. The zero-order chi connectivity index (χ0) is 6.95. The highest BCUT2D eigenvalue weighted by atomic mass is 14.7. The molecular formula is C7H10N2. The summed E-state index contributed by atoms with van der Waals surface area (Å²) in [6.45, 7) is 1.80. The molecule has 2 nitrogen and oxygen atoms in total. The molecule has 48 valence electrons. The summed E-state index contributed by atoms with van der Waals surface area (Å²) in [6.07, 6.45) is 5.31. The first-order chi connectivity index (χ1) is 4.41. The second-order valence-electron chi connectivity index (χ2n) is 1.30. The molecule has 0 atom stereocenters. The highest BCUT2D eigenvalue weighted by Crippen LogP contribution is 1.71. The van der Waals surface area contributed by atoms with Gasteiger partial charge in [-0.25, -0.2) is 0 Å². The molecule has 0 saturated heterocycles. The van der Waals surface area contributed by atoms with Gasteiger partial charge in [0.2, 0.25) is 0 Å². The number of nitrogens with two attached hydrogens (primary N) is 1. The van der Waals surface area contributed by atoms with Gasteiger partial charge in [0, 0.05) is 25.0 Å². The SMILES string of the molecule is CC#CCC=N/C=C\N. The van der Waals surface area contributed by atoms with Crippen molar-refractivity contribution in [2.45, 2.75) is 13.3 Å². The molecule has 0 heterocycles. The van der Waals surface area contributed by atoms with Gasteiger partial charge in [0.05, 0.1) is 0 Å². The summed E-state index contributed by atoms with van der Waals surface area (Å²) in [7, 11) is 0. The Morgan fingerprint density at radius 1 is 1.67 bits per heavy atom. The largest absolute Gasteiger partial charge is 0.403 e. The van der Waals surface area contributed by atoms with Crippen molar-refractivity contribution in [2.75, 3.05) is 0 Å². The summed E-state index contributed by atoms with van der Waals surface area (Å²) in [6, 6.07) is 0. The Labute approximate surface area is 55.5 Å². The lowest BCUT2D eigenvalue weighted by molar-refractivity contribution is 1.46. The van der Waals surface area contributed by atoms with Gasteiger partial charge in [0.1, 0.15) is 0 Å². The molecule has 2 heteroatoms. The lowest BCUT2D eigenvalue weighted by Crippen LogP contribution is -1.74. The molecule has 0 amide bonds. The van der Waals surface area contributed by atoms with Crippen molar-refractivity contribution in [1.82, 2.24) is 0 Å². The van der Waals surface area contributed by atoms with Gasteiger partial charge in [-0.15, -0.1) is 5.92 Å². The summed E-state index contributed by atoms with van der Waals surface area (Å²) in [4.78, 5) is 3.79. The van der Waals surface area contributed by atoms with E-state index in [0.29, 0.717) is 6.42 Å². The molecule has 0 unspecified atom stereocenters. The van der Waals surface area contributed by atoms with Gasteiger partial charge in [0.25, 0.3) is 0 Å². The van der Waals surface area contributed by atoms with E-state index in [0.717, 1.165) is 0 Å². The van der Waals surface area contributed by atoms with E-state index < -0.39 is 0 Å². The first-order valence-electron chi connectivity index (χ1n) is 2.69. The van der Waals surface area contributed by atoms with Gasteiger partial charge >= 0.3 is 0 Å². The minimum Gasteiger partial charge on any atom is -0.403 e. The minimum atomic E-state index is 0.695. The third-order valence-corrected chi connectivity index (χ3v) is 0.648. The Balaban J connectivity index is 3.32. The first-order valence-corrected chi connectivity index (χ1v) is 2.69. The summed E-state index contributed by atoms with van der Waals surface area (Å²) in [5.41, 5.74) is 5.01. The van der Waals surface area contributed by atoms with Gasteiger partial charge in [-0.3, -0.25) is 4.99 Å². The van der Waals surface area contributed by atoms with Gasteiger partial charge in [-0.05, 0) is 6.92 Å². The van der Waals surface area contributed by atoms with E-state index >= 15 is 0 Å². The fourth-order valence-corrected chi connectivity index (χ4v) is 0.311. The minimum absolute atomic E-state index is 0.695. The smallest absolute Gasteiger partial charge is 0.0444 e. The van der Waals surface area contributed by atoms with E-state index in [2.05, 4.69) is 16.8 Å². The zero-order valence-electron chi connectivity index (χ0n) is 5.46. The van der Waals surface area contributed by atoms with Crippen molar-refractivity contribution in [1.29, 1.82) is 0 Å². The van der Waals surface area contributed by atoms with Crippen molar-refractivity contribution < 1.29 is 0 Å². The maximum atomic E-state index is 5.01. The van der Waals surface area contributed by atoms with Gasteiger partial charge in [-0.1, -0.05) is 5.92 Å². The molecule has 2 N–H and O–H groups in total. The first kappa shape index (κ1) is 7.77. The monoisotopic (exact) mass is 122 g/mol. The van der Waals surface area contributed by atoms with E-state index in [-0.39, 0.29) is 0 Å². The maximum absolute atomic E-state index is 5.01. The van der Waals surface area contributed by atoms with Crippen molar-refractivity contribution in [3.63, 3.8) is 0 Å². The van der Waals surface area contributed by atoms with E-state index in [9.17, 15) is 0 Å². The van der Waals surface area contributed by atoms with Crippen LogP contribution >= 0.6 is 0 Å². The lowest BCUT2D eigenvalue weighted by atomic mass is 10.5. The molecule has 0 aromatic heterocycles. The lowest BCUT2D eigenvalue weighted by Gasteiger charge is -1.73. The van der Waals surface area contributed by atoms with E-state index in [4.69, 9.17) is 5.73 Å². The van der Waals surface area contributed by atoms with Crippen LogP contribution in [0.5, 0.6) is 0 Å². The summed E-state index contributed by atoms with van der Waals surface area (Å²) in [5, 5.41) is 0. The third kappa shape index (κ3) is 6.77. The third-order valence-electron chi connectivity index (χ3n) is 0.648. The highest BCUT2D eigenvalue weighted by Gasteiger charge is 1.63. The predicted octanol–water partition coefficient (Wildman–Crippen LogP) is 0.901. The van der Waals surface area contributed by atoms with Crippen molar-refractivity contribution >= 4 is 6.21 Å². The molecule has 0 aliphatic rings. The number of hydrogen-bond acceptors (Lipinski definition) is 2.